The smallest absolute Gasteiger partial charge is 0.242 e. The van der Waals surface area contributed by atoms with Gasteiger partial charge < -0.3 is 10.1 Å². The van der Waals surface area contributed by atoms with Gasteiger partial charge >= 0.3 is 0 Å². The fourth-order valence-electron chi connectivity index (χ4n) is 3.45. The van der Waals surface area contributed by atoms with E-state index in [1.165, 1.54) is 6.07 Å². The largest absolute Gasteiger partial charge is 0.494 e. The van der Waals surface area contributed by atoms with E-state index in [1.807, 2.05) is 69.3 Å². The molecule has 0 aliphatic heterocycles. The van der Waals surface area contributed by atoms with E-state index in [2.05, 4.69) is 10.0 Å². The lowest BCUT2D eigenvalue weighted by Gasteiger charge is -2.20. The van der Waals surface area contributed by atoms with Crippen molar-refractivity contribution >= 4 is 21.6 Å². The van der Waals surface area contributed by atoms with Gasteiger partial charge in [0.2, 0.25) is 15.9 Å². The highest BCUT2D eigenvalue weighted by atomic mass is 32.2. The fraction of sp³-hybridized carbons (Fsp3) is 0.269. The summed E-state index contributed by atoms with van der Waals surface area (Å²) in [6, 6.07) is 18.6. The molecule has 1 amide bonds. The number of benzene rings is 3. The second kappa shape index (κ2) is 10.6. The molecule has 0 aliphatic carbocycles. The Labute approximate surface area is 196 Å². The molecule has 0 unspecified atom stereocenters. The number of rotatable bonds is 9. The van der Waals surface area contributed by atoms with E-state index in [0.29, 0.717) is 23.6 Å². The van der Waals surface area contributed by atoms with Crippen molar-refractivity contribution in [2.75, 3.05) is 11.9 Å². The Morgan fingerprint density at radius 2 is 1.64 bits per heavy atom. The van der Waals surface area contributed by atoms with Gasteiger partial charge in [0.25, 0.3) is 0 Å². The van der Waals surface area contributed by atoms with E-state index in [0.717, 1.165) is 16.7 Å². The molecule has 0 radical (unpaired) electrons. The molecule has 7 heteroatoms. The minimum absolute atomic E-state index is 0.0838. The average molecular weight is 467 g/mol. The van der Waals surface area contributed by atoms with E-state index in [-0.39, 0.29) is 11.3 Å². The van der Waals surface area contributed by atoms with Crippen LogP contribution in [0.25, 0.3) is 0 Å². The monoisotopic (exact) mass is 466 g/mol. The van der Waals surface area contributed by atoms with Gasteiger partial charge in [0, 0.05) is 5.69 Å². The highest BCUT2D eigenvalue weighted by molar-refractivity contribution is 7.89. The van der Waals surface area contributed by atoms with Crippen molar-refractivity contribution < 1.29 is 17.9 Å². The van der Waals surface area contributed by atoms with Crippen LogP contribution >= 0.6 is 0 Å². The third kappa shape index (κ3) is 6.43. The average Bonchev–Trinajstić information content (AvgIpc) is 2.78. The Balaban J connectivity index is 1.87. The maximum atomic E-state index is 13.2. The SMILES string of the molecule is CCOc1ccc(S(=O)(=O)N[C@@H](Cc2ccccc2)C(=O)Nc2ccc(C)c(C)c2)cc1C. The molecule has 0 spiro atoms. The van der Waals surface area contributed by atoms with Crippen LogP contribution in [0.4, 0.5) is 5.69 Å². The van der Waals surface area contributed by atoms with Crippen LogP contribution in [0.1, 0.15) is 29.2 Å². The maximum absolute atomic E-state index is 13.2. The normalized spacial score (nSPS) is 12.2. The summed E-state index contributed by atoms with van der Waals surface area (Å²) in [4.78, 5) is 13.3. The summed E-state index contributed by atoms with van der Waals surface area (Å²) in [6.45, 7) is 8.10. The first-order valence-corrected chi connectivity index (χ1v) is 12.4. The van der Waals surface area contributed by atoms with Crippen molar-refractivity contribution in [2.24, 2.45) is 0 Å². The van der Waals surface area contributed by atoms with Crippen LogP contribution in [0, 0.1) is 20.8 Å². The van der Waals surface area contributed by atoms with Gasteiger partial charge in [0.15, 0.2) is 0 Å². The lowest BCUT2D eigenvalue weighted by molar-refractivity contribution is -0.117. The molecule has 0 heterocycles. The van der Waals surface area contributed by atoms with Gasteiger partial charge in [0.05, 0.1) is 11.5 Å². The van der Waals surface area contributed by atoms with E-state index < -0.39 is 22.0 Å². The van der Waals surface area contributed by atoms with Crippen LogP contribution in [-0.2, 0) is 21.2 Å². The Morgan fingerprint density at radius 1 is 0.909 bits per heavy atom. The van der Waals surface area contributed by atoms with E-state index in [1.54, 1.807) is 19.1 Å². The number of carbonyl (C=O) groups excluding carboxylic acids is 1. The molecular formula is C26H30N2O4S. The van der Waals surface area contributed by atoms with Gasteiger partial charge in [-0.05, 0) is 86.7 Å². The van der Waals surface area contributed by atoms with Gasteiger partial charge in [-0.15, -0.1) is 0 Å². The number of hydrogen-bond acceptors (Lipinski definition) is 4. The number of anilines is 1. The predicted octanol–water partition coefficient (Wildman–Crippen LogP) is 4.54. The topological polar surface area (TPSA) is 84.5 Å². The lowest BCUT2D eigenvalue weighted by atomic mass is 10.1. The van der Waals surface area contributed by atoms with Crippen LogP contribution in [0.2, 0.25) is 0 Å². The minimum Gasteiger partial charge on any atom is -0.494 e. The summed E-state index contributed by atoms with van der Waals surface area (Å²) in [7, 11) is -3.95. The standard InChI is InChI=1S/C26H30N2O4S/c1-5-32-25-14-13-23(16-20(25)4)33(30,31)28-24(17-21-9-7-6-8-10-21)26(29)27-22-12-11-18(2)19(3)15-22/h6-16,24,28H,5,17H2,1-4H3,(H,27,29)/t24-/m0/s1. The summed E-state index contributed by atoms with van der Waals surface area (Å²) in [5.74, 6) is 0.207. The van der Waals surface area contributed by atoms with E-state index >= 15 is 0 Å². The van der Waals surface area contributed by atoms with Crippen LogP contribution in [0.15, 0.2) is 71.6 Å². The van der Waals surface area contributed by atoms with Crippen LogP contribution in [-0.4, -0.2) is 27.0 Å². The maximum Gasteiger partial charge on any atom is 0.242 e. The second-order valence-corrected chi connectivity index (χ2v) is 9.73. The highest BCUT2D eigenvalue weighted by Crippen LogP contribution is 2.22. The summed E-state index contributed by atoms with van der Waals surface area (Å²) in [5, 5.41) is 2.86. The third-order valence-electron chi connectivity index (χ3n) is 5.43. The summed E-state index contributed by atoms with van der Waals surface area (Å²) in [5.41, 5.74) is 4.33. The number of carbonyl (C=O) groups is 1. The molecule has 0 aliphatic rings. The van der Waals surface area contributed by atoms with Gasteiger partial charge in [-0.25, -0.2) is 8.42 Å². The Bertz CT molecular complexity index is 1220. The Morgan fingerprint density at radius 3 is 2.27 bits per heavy atom. The van der Waals surface area contributed by atoms with Crippen LogP contribution < -0.4 is 14.8 Å². The van der Waals surface area contributed by atoms with Crippen molar-refractivity contribution in [1.29, 1.82) is 0 Å². The zero-order chi connectivity index (χ0) is 24.0. The van der Waals surface area contributed by atoms with Crippen molar-refractivity contribution in [2.45, 2.75) is 45.1 Å². The molecule has 174 valence electrons. The summed E-state index contributed by atoms with van der Waals surface area (Å²) in [6.07, 6.45) is 0.215. The fourth-order valence-corrected chi connectivity index (χ4v) is 4.73. The lowest BCUT2D eigenvalue weighted by Crippen LogP contribution is -2.45. The molecule has 0 aromatic heterocycles. The molecular weight excluding hydrogens is 436 g/mol. The molecule has 3 rings (SSSR count). The molecule has 0 bridgehead atoms. The zero-order valence-corrected chi connectivity index (χ0v) is 20.2. The van der Waals surface area contributed by atoms with Gasteiger partial charge in [-0.2, -0.15) is 4.72 Å². The Hall–Kier alpha value is -3.16. The molecule has 0 saturated heterocycles. The molecule has 0 saturated carbocycles. The number of sulfonamides is 1. The van der Waals surface area contributed by atoms with Crippen molar-refractivity contribution in [3.05, 3.63) is 89.0 Å². The quantitative estimate of drug-likeness (QED) is 0.485. The van der Waals surface area contributed by atoms with Crippen LogP contribution in [0.5, 0.6) is 5.75 Å². The number of nitrogens with one attached hydrogen (secondary N) is 2. The number of hydrogen-bond donors (Lipinski definition) is 2. The first-order valence-electron chi connectivity index (χ1n) is 10.9. The zero-order valence-electron chi connectivity index (χ0n) is 19.4. The first-order chi connectivity index (χ1) is 15.7. The minimum atomic E-state index is -3.95. The third-order valence-corrected chi connectivity index (χ3v) is 6.90. The van der Waals surface area contributed by atoms with Crippen molar-refractivity contribution in [1.82, 2.24) is 4.72 Å². The van der Waals surface area contributed by atoms with Crippen molar-refractivity contribution in [3.63, 3.8) is 0 Å². The second-order valence-electron chi connectivity index (χ2n) is 8.01. The molecule has 3 aromatic carbocycles. The highest BCUT2D eigenvalue weighted by Gasteiger charge is 2.27. The van der Waals surface area contributed by atoms with Crippen LogP contribution in [0.3, 0.4) is 0 Å². The number of amides is 1. The van der Waals surface area contributed by atoms with E-state index in [4.69, 9.17) is 4.74 Å². The first kappa shape index (κ1) is 24.5. The van der Waals surface area contributed by atoms with Gasteiger partial charge in [0.1, 0.15) is 11.8 Å². The molecule has 1 atom stereocenters. The van der Waals surface area contributed by atoms with Gasteiger partial charge in [-0.3, -0.25) is 4.79 Å². The summed E-state index contributed by atoms with van der Waals surface area (Å²) < 4.78 is 34.5. The molecule has 2 N–H and O–H groups in total. The molecule has 0 fully saturated rings. The number of aryl methyl sites for hydroxylation is 3. The molecule has 6 nitrogen and oxygen atoms in total. The summed E-state index contributed by atoms with van der Waals surface area (Å²) >= 11 is 0. The molecule has 33 heavy (non-hydrogen) atoms. The molecule has 3 aromatic rings. The van der Waals surface area contributed by atoms with Crippen molar-refractivity contribution in [3.8, 4) is 5.75 Å². The number of ether oxygens (including phenoxy) is 1. The van der Waals surface area contributed by atoms with Gasteiger partial charge in [-0.1, -0.05) is 36.4 Å². The Kier molecular flexibility index (Phi) is 7.89. The predicted molar refractivity (Wildman–Crippen MR) is 131 cm³/mol. The van der Waals surface area contributed by atoms with E-state index in [9.17, 15) is 13.2 Å².